The van der Waals surface area contributed by atoms with Gasteiger partial charge in [0.15, 0.2) is 11.0 Å². The average molecular weight is 808 g/mol. The van der Waals surface area contributed by atoms with Crippen LogP contribution in [0.4, 0.5) is 11.4 Å². The molecule has 4 aromatic carbocycles. The van der Waals surface area contributed by atoms with E-state index in [4.69, 9.17) is 46.4 Å². The summed E-state index contributed by atoms with van der Waals surface area (Å²) < 4.78 is 72.5. The molecule has 0 spiro atoms. The van der Waals surface area contributed by atoms with Crippen LogP contribution in [0.1, 0.15) is 17.0 Å². The van der Waals surface area contributed by atoms with Crippen LogP contribution in [0.5, 0.6) is 0 Å². The van der Waals surface area contributed by atoms with Crippen molar-refractivity contribution in [3.05, 3.63) is 128 Å². The van der Waals surface area contributed by atoms with Gasteiger partial charge in [-0.25, -0.2) is 26.0 Å². The zero-order chi connectivity index (χ0) is 36.8. The van der Waals surface area contributed by atoms with E-state index in [0.29, 0.717) is 46.0 Å². The fourth-order valence-electron chi connectivity index (χ4n) is 6.10. The number of rotatable bonds is 10. The molecule has 1 aliphatic heterocycles. The molecule has 0 saturated carbocycles. The van der Waals surface area contributed by atoms with E-state index in [0.717, 1.165) is 45.2 Å². The third-order valence-corrected chi connectivity index (χ3v) is 11.9. The summed E-state index contributed by atoms with van der Waals surface area (Å²) in [7, 11) is -5.26. The minimum Gasteiger partial charge on any atom is -0.744 e. The minimum absolute atomic E-state index is 0.285. The van der Waals surface area contributed by atoms with Gasteiger partial charge in [0.25, 0.3) is 5.82 Å². The molecule has 0 aliphatic carbocycles. The van der Waals surface area contributed by atoms with Gasteiger partial charge >= 0.3 is 0 Å². The first kappa shape index (κ1) is 37.2. The molecule has 266 valence electrons. The van der Waals surface area contributed by atoms with Gasteiger partial charge in [-0.3, -0.25) is 0 Å². The van der Waals surface area contributed by atoms with Gasteiger partial charge in [-0.15, -0.1) is 0 Å². The maximum absolute atomic E-state index is 11.4. The lowest BCUT2D eigenvalue weighted by Crippen LogP contribution is -2.31. The van der Waals surface area contributed by atoms with Crippen molar-refractivity contribution in [2.24, 2.45) is 7.05 Å². The van der Waals surface area contributed by atoms with Gasteiger partial charge in [0, 0.05) is 38.2 Å². The molecule has 10 nitrogen and oxygen atoms in total. The van der Waals surface area contributed by atoms with Crippen molar-refractivity contribution < 1.29 is 30.5 Å². The number of nitrogens with zero attached hydrogens (tertiary/aromatic N) is 4. The average Bonchev–Trinajstić information content (AvgIpc) is 3.47. The molecule has 0 fully saturated rings. The number of allylic oxidation sites excluding steroid dienone is 2. The monoisotopic (exact) mass is 805 g/mol. The molecule has 0 unspecified atom stereocenters. The Hall–Kier alpha value is -3.59. The lowest BCUT2D eigenvalue weighted by Gasteiger charge is -2.23. The number of hydrogen-bond acceptors (Lipinski definition) is 8. The van der Waals surface area contributed by atoms with Gasteiger partial charge in [0.1, 0.15) is 26.1 Å². The summed E-state index contributed by atoms with van der Waals surface area (Å²) in [5.41, 5.74) is 5.04. The van der Waals surface area contributed by atoms with Crippen LogP contribution in [0.3, 0.4) is 0 Å². The van der Waals surface area contributed by atoms with Crippen LogP contribution in [-0.2, 0) is 46.7 Å². The van der Waals surface area contributed by atoms with E-state index >= 15 is 0 Å². The summed E-state index contributed by atoms with van der Waals surface area (Å²) in [6.07, 6.45) is 6.89. The molecule has 0 amide bonds. The Labute approximate surface area is 315 Å². The maximum atomic E-state index is 11.4. The highest BCUT2D eigenvalue weighted by Gasteiger charge is 2.30. The molecular weight excluding hydrogens is 778 g/mol. The van der Waals surface area contributed by atoms with Crippen LogP contribution >= 0.6 is 46.4 Å². The van der Waals surface area contributed by atoms with Crippen LogP contribution in [0, 0.1) is 0 Å². The largest absolute Gasteiger partial charge is 0.744 e. The zero-order valence-electron chi connectivity index (χ0n) is 27.1. The standard InChI is InChI=1S/C35H30Cl4N4O6S2/c1-40-30-18-26(36)28(38)20-32(30)42(16-14-22-6-10-24(11-7-22)50(44,45)46)34(40)4-3-5-35-41(2)31-19-27(37)29(39)21-33(31)43(35)17-15-23-8-12-25(13-9-23)51(47,48)49/h3-13,18-21H,14-17H2,1-2H3,(H-,44,45,46,47,48,49)/p-1. The van der Waals surface area contributed by atoms with Gasteiger partial charge in [-0.05, 0) is 60.0 Å². The van der Waals surface area contributed by atoms with E-state index in [-0.39, 0.29) is 9.79 Å². The number of aromatic nitrogens is 2. The summed E-state index contributed by atoms with van der Waals surface area (Å²) in [6.45, 7) is 0.992. The fourth-order valence-corrected chi connectivity index (χ4v) is 7.67. The molecule has 0 atom stereocenters. The highest BCUT2D eigenvalue weighted by atomic mass is 35.5. The van der Waals surface area contributed by atoms with Crippen LogP contribution in [0.15, 0.2) is 101 Å². The number of benzene rings is 4. The van der Waals surface area contributed by atoms with Crippen LogP contribution < -0.4 is 14.4 Å². The molecule has 0 bridgehead atoms. The summed E-state index contributed by atoms with van der Waals surface area (Å²) >= 11 is 25.7. The second kappa shape index (κ2) is 14.4. The molecular formula is C35H29Cl4N4O6S2-. The molecule has 6 rings (SSSR count). The molecule has 1 aliphatic rings. The number of aryl methyl sites for hydroxylation is 3. The van der Waals surface area contributed by atoms with Crippen LogP contribution in [0.25, 0.3) is 17.1 Å². The Morgan fingerprint density at radius 2 is 1.20 bits per heavy atom. The molecule has 2 heterocycles. The first-order chi connectivity index (χ1) is 24.0. The van der Waals surface area contributed by atoms with Gasteiger partial charge in [0.2, 0.25) is 0 Å². The number of anilines is 2. The van der Waals surface area contributed by atoms with E-state index in [1.165, 1.54) is 24.3 Å². The molecule has 51 heavy (non-hydrogen) atoms. The van der Waals surface area contributed by atoms with Crippen molar-refractivity contribution >= 4 is 95.1 Å². The van der Waals surface area contributed by atoms with Gasteiger partial charge in [-0.2, -0.15) is 0 Å². The normalized spacial score (nSPS) is 14.4. The lowest BCUT2D eigenvalue weighted by molar-refractivity contribution is -0.647. The second-order valence-electron chi connectivity index (χ2n) is 11.9. The molecule has 5 aromatic rings. The van der Waals surface area contributed by atoms with Gasteiger partial charge < -0.3 is 18.9 Å². The predicted molar refractivity (Wildman–Crippen MR) is 199 cm³/mol. The maximum Gasteiger partial charge on any atom is 0.282 e. The van der Waals surface area contributed by atoms with Crippen molar-refractivity contribution in [1.82, 2.24) is 4.57 Å². The first-order valence-corrected chi connectivity index (χ1v) is 19.7. The molecule has 1 aromatic heterocycles. The topological polar surface area (TPSA) is 130 Å². The Kier molecular flexibility index (Phi) is 10.5. The molecule has 0 N–H and O–H groups in total. The van der Waals surface area contributed by atoms with Crippen molar-refractivity contribution in [3.63, 3.8) is 0 Å². The van der Waals surface area contributed by atoms with E-state index in [2.05, 4.69) is 9.47 Å². The third-order valence-electron chi connectivity index (χ3n) is 8.74. The molecule has 0 saturated heterocycles. The van der Waals surface area contributed by atoms with Gasteiger partial charge in [-0.1, -0.05) is 76.7 Å². The van der Waals surface area contributed by atoms with E-state index in [1.807, 2.05) is 41.8 Å². The van der Waals surface area contributed by atoms with Crippen molar-refractivity contribution in [1.29, 1.82) is 0 Å². The van der Waals surface area contributed by atoms with E-state index in [9.17, 15) is 25.9 Å². The van der Waals surface area contributed by atoms with E-state index in [1.54, 1.807) is 48.5 Å². The van der Waals surface area contributed by atoms with Crippen molar-refractivity contribution in [2.75, 3.05) is 23.4 Å². The van der Waals surface area contributed by atoms with Crippen LogP contribution in [0.2, 0.25) is 20.1 Å². The summed E-state index contributed by atoms with van der Waals surface area (Å²) in [6, 6.07) is 18.9. The van der Waals surface area contributed by atoms with Gasteiger partial charge in [0.05, 0.1) is 54.8 Å². The fraction of sp³-hybridized carbons (Fsp3) is 0.171. The summed E-state index contributed by atoms with van der Waals surface area (Å²) in [5.74, 6) is 1.64. The Balaban J connectivity index is 1.34. The lowest BCUT2D eigenvalue weighted by atomic mass is 10.1. The number of hydrogen-bond donors (Lipinski definition) is 0. The number of halogens is 4. The Morgan fingerprint density at radius 1 is 0.706 bits per heavy atom. The second-order valence-corrected chi connectivity index (χ2v) is 16.3. The SMILES string of the molecule is CN1C(=CC=Cc2n(CCc3ccc(S(=O)(=O)[O-])cc3)c3cc(Cl)c(Cl)cc3[n+]2C)N(CCc2ccc(S(=O)(=O)[O-])cc2)c2cc(Cl)c(Cl)cc21. The Bertz CT molecular complexity index is 2450. The third kappa shape index (κ3) is 7.79. The predicted octanol–water partition coefficient (Wildman–Crippen LogP) is 7.18. The van der Waals surface area contributed by atoms with Crippen LogP contribution in [-0.4, -0.2) is 44.1 Å². The Morgan fingerprint density at radius 3 is 1.75 bits per heavy atom. The smallest absolute Gasteiger partial charge is 0.282 e. The highest BCUT2D eigenvalue weighted by molar-refractivity contribution is 7.86. The first-order valence-electron chi connectivity index (χ1n) is 15.4. The molecule has 0 radical (unpaired) electrons. The van der Waals surface area contributed by atoms with E-state index < -0.39 is 20.2 Å². The number of imidazole rings is 1. The quantitative estimate of drug-likeness (QED) is 0.107. The highest BCUT2D eigenvalue weighted by Crippen LogP contribution is 2.45. The molecule has 16 heteroatoms. The zero-order valence-corrected chi connectivity index (χ0v) is 31.7. The van der Waals surface area contributed by atoms with Crippen molar-refractivity contribution in [2.45, 2.75) is 29.2 Å². The van der Waals surface area contributed by atoms with Crippen molar-refractivity contribution in [3.8, 4) is 0 Å². The summed E-state index contributed by atoms with van der Waals surface area (Å²) in [4.78, 5) is 3.51. The summed E-state index contributed by atoms with van der Waals surface area (Å²) in [5, 5.41) is 1.61. The number of fused-ring (bicyclic) bond motifs is 2. The minimum atomic E-state index is -4.55.